The number of amides is 1. The average molecular weight is 325 g/mol. The molecule has 1 amide bonds. The van der Waals surface area contributed by atoms with Crippen LogP contribution in [0.5, 0.6) is 0 Å². The van der Waals surface area contributed by atoms with Crippen LogP contribution in [0, 0.1) is 0 Å². The summed E-state index contributed by atoms with van der Waals surface area (Å²) >= 11 is 3.40. The lowest BCUT2D eigenvalue weighted by molar-refractivity contribution is -0.120. The van der Waals surface area contributed by atoms with Crippen molar-refractivity contribution in [2.24, 2.45) is 0 Å². The van der Waals surface area contributed by atoms with E-state index in [2.05, 4.69) is 33.1 Å². The monoisotopic (exact) mass is 324 g/mol. The maximum Gasteiger partial charge on any atom is 0.224 e. The van der Waals surface area contributed by atoms with Crippen molar-refractivity contribution in [3.8, 4) is 0 Å². The number of hydrogen-bond donors (Lipinski definition) is 1. The minimum absolute atomic E-state index is 0.116. The van der Waals surface area contributed by atoms with Crippen LogP contribution < -0.4 is 5.32 Å². The second-order valence-corrected chi connectivity index (χ2v) is 5.95. The van der Waals surface area contributed by atoms with Crippen LogP contribution in [0.4, 0.5) is 0 Å². The highest BCUT2D eigenvalue weighted by atomic mass is 79.9. The van der Waals surface area contributed by atoms with Crippen molar-refractivity contribution in [1.29, 1.82) is 0 Å². The number of halogens is 1. The molecular formula is C15H21BrN2O. The molecule has 1 N–H and O–H groups in total. The van der Waals surface area contributed by atoms with Gasteiger partial charge in [0.15, 0.2) is 0 Å². The van der Waals surface area contributed by atoms with Crippen molar-refractivity contribution in [2.75, 3.05) is 19.6 Å². The van der Waals surface area contributed by atoms with Gasteiger partial charge in [0.1, 0.15) is 0 Å². The summed E-state index contributed by atoms with van der Waals surface area (Å²) in [6.45, 7) is 5.21. The summed E-state index contributed by atoms with van der Waals surface area (Å²) in [5.41, 5.74) is 1.06. The molecule has 0 aliphatic carbocycles. The normalized spacial score (nSPS) is 19.6. The van der Waals surface area contributed by atoms with E-state index in [1.165, 1.54) is 19.4 Å². The van der Waals surface area contributed by atoms with Crippen molar-refractivity contribution in [1.82, 2.24) is 10.2 Å². The van der Waals surface area contributed by atoms with Gasteiger partial charge in [-0.05, 0) is 43.6 Å². The molecule has 19 heavy (non-hydrogen) atoms. The van der Waals surface area contributed by atoms with Crippen molar-refractivity contribution in [2.45, 2.75) is 32.2 Å². The summed E-state index contributed by atoms with van der Waals surface area (Å²) in [6.07, 6.45) is 2.92. The molecule has 1 saturated heterocycles. The Kier molecular flexibility index (Phi) is 5.40. The zero-order valence-corrected chi connectivity index (χ0v) is 12.9. The molecule has 1 atom stereocenters. The van der Waals surface area contributed by atoms with Gasteiger partial charge < -0.3 is 5.32 Å². The van der Waals surface area contributed by atoms with E-state index in [4.69, 9.17) is 0 Å². The highest BCUT2D eigenvalue weighted by molar-refractivity contribution is 9.10. The molecule has 3 nitrogen and oxygen atoms in total. The molecule has 1 fully saturated rings. The highest BCUT2D eigenvalue weighted by Gasteiger charge is 2.22. The van der Waals surface area contributed by atoms with Crippen molar-refractivity contribution in [3.63, 3.8) is 0 Å². The van der Waals surface area contributed by atoms with Gasteiger partial charge in [0.2, 0.25) is 5.91 Å². The largest absolute Gasteiger partial charge is 0.354 e. The molecule has 1 heterocycles. The molecule has 0 saturated carbocycles. The van der Waals surface area contributed by atoms with Crippen LogP contribution in [0.15, 0.2) is 28.7 Å². The number of carbonyl (C=O) groups is 1. The van der Waals surface area contributed by atoms with Gasteiger partial charge in [0.05, 0.1) is 6.42 Å². The quantitative estimate of drug-likeness (QED) is 0.902. The number of likely N-dealkylation sites (tertiary alicyclic amines) is 1. The Labute approximate surface area is 123 Å². The summed E-state index contributed by atoms with van der Waals surface area (Å²) in [5.74, 6) is 0.116. The van der Waals surface area contributed by atoms with Gasteiger partial charge in [-0.15, -0.1) is 0 Å². The number of carbonyl (C=O) groups excluding carboxylic acids is 1. The van der Waals surface area contributed by atoms with E-state index < -0.39 is 0 Å². The molecule has 1 aliphatic heterocycles. The third kappa shape index (κ3) is 4.32. The lowest BCUT2D eigenvalue weighted by Crippen LogP contribution is -2.40. The fraction of sp³-hybridized carbons (Fsp3) is 0.533. The van der Waals surface area contributed by atoms with E-state index in [1.54, 1.807) is 0 Å². The van der Waals surface area contributed by atoms with Crippen LogP contribution in [0.25, 0.3) is 0 Å². The molecule has 0 aromatic heterocycles. The summed E-state index contributed by atoms with van der Waals surface area (Å²) in [6, 6.07) is 8.44. The summed E-state index contributed by atoms with van der Waals surface area (Å²) in [4.78, 5) is 14.4. The number of benzene rings is 1. The second kappa shape index (κ2) is 7.06. The molecule has 0 bridgehead atoms. The van der Waals surface area contributed by atoms with Crippen LogP contribution in [0.2, 0.25) is 0 Å². The zero-order chi connectivity index (χ0) is 13.7. The summed E-state index contributed by atoms with van der Waals surface area (Å²) < 4.78 is 1.04. The van der Waals surface area contributed by atoms with Crippen LogP contribution in [0.3, 0.4) is 0 Å². The Morgan fingerprint density at radius 1 is 1.42 bits per heavy atom. The maximum atomic E-state index is 11.9. The van der Waals surface area contributed by atoms with Gasteiger partial charge in [-0.3, -0.25) is 9.69 Å². The molecule has 1 aromatic carbocycles. The minimum atomic E-state index is 0.116. The fourth-order valence-corrected chi connectivity index (χ4v) is 2.89. The number of hydrogen-bond acceptors (Lipinski definition) is 2. The van der Waals surface area contributed by atoms with Crippen molar-refractivity contribution >= 4 is 21.8 Å². The molecule has 4 heteroatoms. The first-order chi connectivity index (χ1) is 9.19. The Morgan fingerprint density at radius 3 is 2.84 bits per heavy atom. The van der Waals surface area contributed by atoms with Crippen LogP contribution in [0.1, 0.15) is 25.3 Å². The molecule has 1 unspecified atom stereocenters. The molecule has 2 rings (SSSR count). The van der Waals surface area contributed by atoms with E-state index in [0.29, 0.717) is 12.5 Å². The van der Waals surface area contributed by atoms with Gasteiger partial charge >= 0.3 is 0 Å². The Morgan fingerprint density at radius 2 is 2.16 bits per heavy atom. The first-order valence-corrected chi connectivity index (χ1v) is 7.73. The van der Waals surface area contributed by atoms with Gasteiger partial charge in [-0.1, -0.05) is 35.0 Å². The Hall–Kier alpha value is -0.870. The highest BCUT2D eigenvalue weighted by Crippen LogP contribution is 2.15. The van der Waals surface area contributed by atoms with Gasteiger partial charge in [0.25, 0.3) is 0 Å². The van der Waals surface area contributed by atoms with E-state index >= 15 is 0 Å². The van der Waals surface area contributed by atoms with E-state index in [1.807, 2.05) is 24.3 Å². The first-order valence-electron chi connectivity index (χ1n) is 6.94. The van der Waals surface area contributed by atoms with E-state index in [9.17, 15) is 4.79 Å². The van der Waals surface area contributed by atoms with E-state index in [-0.39, 0.29) is 5.91 Å². The third-order valence-corrected chi connectivity index (χ3v) is 4.25. The van der Waals surface area contributed by atoms with Crippen molar-refractivity contribution in [3.05, 3.63) is 34.3 Å². The van der Waals surface area contributed by atoms with Crippen LogP contribution >= 0.6 is 15.9 Å². The van der Waals surface area contributed by atoms with Gasteiger partial charge in [0, 0.05) is 17.1 Å². The molecule has 0 radical (unpaired) electrons. The third-order valence-electron chi connectivity index (χ3n) is 3.72. The molecule has 1 aromatic rings. The zero-order valence-electron chi connectivity index (χ0n) is 11.4. The predicted molar refractivity (Wildman–Crippen MR) is 81.1 cm³/mol. The predicted octanol–water partition coefficient (Wildman–Crippen LogP) is 2.59. The van der Waals surface area contributed by atoms with Gasteiger partial charge in [-0.2, -0.15) is 0 Å². The standard InChI is InChI=1S/C15H21BrN2O/c1-2-18-9-3-4-14(18)11-17-15(19)10-12-5-7-13(16)8-6-12/h5-8,14H,2-4,9-11H2,1H3,(H,17,19). The first kappa shape index (κ1) is 14.5. The number of likely N-dealkylation sites (N-methyl/N-ethyl adjacent to an activating group) is 1. The SMILES string of the molecule is CCN1CCCC1CNC(=O)Cc1ccc(Br)cc1. The van der Waals surface area contributed by atoms with Crippen LogP contribution in [-0.2, 0) is 11.2 Å². The smallest absolute Gasteiger partial charge is 0.224 e. The number of nitrogens with zero attached hydrogens (tertiary/aromatic N) is 1. The average Bonchev–Trinajstić information content (AvgIpc) is 2.86. The van der Waals surface area contributed by atoms with Crippen molar-refractivity contribution < 1.29 is 4.79 Å². The minimum Gasteiger partial charge on any atom is -0.354 e. The second-order valence-electron chi connectivity index (χ2n) is 5.03. The van der Waals surface area contributed by atoms with E-state index in [0.717, 1.165) is 23.1 Å². The fourth-order valence-electron chi connectivity index (χ4n) is 2.62. The number of nitrogens with one attached hydrogen (secondary N) is 1. The number of rotatable bonds is 5. The lowest BCUT2D eigenvalue weighted by atomic mass is 10.1. The lowest BCUT2D eigenvalue weighted by Gasteiger charge is -2.22. The molecule has 104 valence electrons. The summed E-state index contributed by atoms with van der Waals surface area (Å²) in [7, 11) is 0. The Bertz CT molecular complexity index is 419. The van der Waals surface area contributed by atoms with Crippen LogP contribution in [-0.4, -0.2) is 36.5 Å². The maximum absolute atomic E-state index is 11.9. The molecule has 1 aliphatic rings. The summed E-state index contributed by atoms with van der Waals surface area (Å²) in [5, 5.41) is 3.06. The van der Waals surface area contributed by atoms with Gasteiger partial charge in [-0.25, -0.2) is 0 Å². The molecular weight excluding hydrogens is 304 g/mol. The molecule has 0 spiro atoms. The topological polar surface area (TPSA) is 32.3 Å². The Balaban J connectivity index is 1.77.